The van der Waals surface area contributed by atoms with E-state index in [0.717, 1.165) is 34.4 Å². The van der Waals surface area contributed by atoms with Crippen molar-refractivity contribution in [3.8, 4) is 11.5 Å². The summed E-state index contributed by atoms with van der Waals surface area (Å²) in [6, 6.07) is 3.81. The van der Waals surface area contributed by atoms with Crippen molar-refractivity contribution in [2.24, 2.45) is 5.73 Å². The third-order valence-electron chi connectivity index (χ3n) is 2.50. The summed E-state index contributed by atoms with van der Waals surface area (Å²) in [6.45, 7) is 2.11. The summed E-state index contributed by atoms with van der Waals surface area (Å²) < 4.78 is 11.5. The van der Waals surface area contributed by atoms with Gasteiger partial charge in [0.1, 0.15) is 11.5 Å². The fraction of sp³-hybridized carbons (Fsp3) is 0.500. The SMILES string of the molecule is CCCC(N)c1cc(OC)c(Br)cc1OC. The summed E-state index contributed by atoms with van der Waals surface area (Å²) in [5, 5.41) is 0. The van der Waals surface area contributed by atoms with Gasteiger partial charge in [0.15, 0.2) is 0 Å². The van der Waals surface area contributed by atoms with Crippen LogP contribution in [0.3, 0.4) is 0 Å². The van der Waals surface area contributed by atoms with Gasteiger partial charge in [-0.3, -0.25) is 0 Å². The second-order valence-corrected chi connectivity index (χ2v) is 4.48. The van der Waals surface area contributed by atoms with E-state index in [1.54, 1.807) is 14.2 Å². The first kappa shape index (κ1) is 13.3. The van der Waals surface area contributed by atoms with Crippen molar-refractivity contribution in [3.05, 3.63) is 22.2 Å². The van der Waals surface area contributed by atoms with E-state index in [1.807, 2.05) is 12.1 Å². The molecule has 0 fully saturated rings. The summed E-state index contributed by atoms with van der Waals surface area (Å²) in [7, 11) is 3.29. The Bertz CT molecular complexity index is 355. The van der Waals surface area contributed by atoms with Crippen molar-refractivity contribution in [1.82, 2.24) is 0 Å². The topological polar surface area (TPSA) is 44.5 Å². The second-order valence-electron chi connectivity index (χ2n) is 3.62. The number of hydrogen-bond acceptors (Lipinski definition) is 3. The summed E-state index contributed by atoms with van der Waals surface area (Å²) in [5.41, 5.74) is 7.09. The van der Waals surface area contributed by atoms with Crippen molar-refractivity contribution in [2.45, 2.75) is 25.8 Å². The van der Waals surface area contributed by atoms with Gasteiger partial charge < -0.3 is 15.2 Å². The van der Waals surface area contributed by atoms with Crippen molar-refractivity contribution in [3.63, 3.8) is 0 Å². The molecule has 90 valence electrons. The highest BCUT2D eigenvalue weighted by atomic mass is 79.9. The van der Waals surface area contributed by atoms with Crippen LogP contribution in [0, 0.1) is 0 Å². The normalized spacial score (nSPS) is 12.3. The maximum Gasteiger partial charge on any atom is 0.133 e. The van der Waals surface area contributed by atoms with Gasteiger partial charge in [-0.05, 0) is 34.5 Å². The van der Waals surface area contributed by atoms with E-state index in [9.17, 15) is 0 Å². The molecule has 0 aliphatic heterocycles. The van der Waals surface area contributed by atoms with Crippen LogP contribution >= 0.6 is 15.9 Å². The summed E-state index contributed by atoms with van der Waals surface area (Å²) in [6.07, 6.45) is 1.98. The number of ether oxygens (including phenoxy) is 2. The molecule has 0 spiro atoms. The van der Waals surface area contributed by atoms with Crippen LogP contribution in [-0.4, -0.2) is 14.2 Å². The Labute approximate surface area is 105 Å². The van der Waals surface area contributed by atoms with Crippen LogP contribution in [0.1, 0.15) is 31.4 Å². The number of methoxy groups -OCH3 is 2. The molecule has 2 N–H and O–H groups in total. The van der Waals surface area contributed by atoms with E-state index in [-0.39, 0.29) is 6.04 Å². The van der Waals surface area contributed by atoms with Crippen LogP contribution in [0.5, 0.6) is 11.5 Å². The first-order chi connectivity index (χ1) is 7.63. The smallest absolute Gasteiger partial charge is 0.133 e. The Balaban J connectivity index is 3.13. The fourth-order valence-corrected chi connectivity index (χ4v) is 2.12. The average Bonchev–Trinajstić information content (AvgIpc) is 2.28. The molecule has 0 aliphatic carbocycles. The quantitative estimate of drug-likeness (QED) is 0.904. The van der Waals surface area contributed by atoms with E-state index in [1.165, 1.54) is 0 Å². The van der Waals surface area contributed by atoms with Crippen LogP contribution in [0.25, 0.3) is 0 Å². The summed E-state index contributed by atoms with van der Waals surface area (Å²) in [4.78, 5) is 0. The second kappa shape index (κ2) is 6.11. The van der Waals surface area contributed by atoms with Crippen molar-refractivity contribution >= 4 is 15.9 Å². The molecular weight excluding hydrogens is 270 g/mol. The molecule has 0 saturated heterocycles. The molecule has 1 atom stereocenters. The standard InChI is InChI=1S/C12H18BrNO2/c1-4-5-10(14)8-6-12(16-3)9(13)7-11(8)15-2/h6-7,10H,4-5,14H2,1-3H3. The van der Waals surface area contributed by atoms with Gasteiger partial charge in [0.25, 0.3) is 0 Å². The van der Waals surface area contributed by atoms with Crippen LogP contribution in [0.4, 0.5) is 0 Å². The molecule has 0 aliphatic rings. The number of benzene rings is 1. The van der Waals surface area contributed by atoms with Crippen molar-refractivity contribution in [1.29, 1.82) is 0 Å². The van der Waals surface area contributed by atoms with Crippen LogP contribution in [0.15, 0.2) is 16.6 Å². The Kier molecular flexibility index (Phi) is 5.09. The van der Waals surface area contributed by atoms with Gasteiger partial charge in [0, 0.05) is 11.6 Å². The molecule has 0 radical (unpaired) electrons. The highest BCUT2D eigenvalue weighted by Gasteiger charge is 2.14. The Morgan fingerprint density at radius 3 is 2.38 bits per heavy atom. The van der Waals surface area contributed by atoms with Crippen molar-refractivity contribution in [2.75, 3.05) is 14.2 Å². The monoisotopic (exact) mass is 287 g/mol. The highest BCUT2D eigenvalue weighted by molar-refractivity contribution is 9.10. The molecule has 0 aromatic heterocycles. The zero-order chi connectivity index (χ0) is 12.1. The summed E-state index contributed by atoms with van der Waals surface area (Å²) >= 11 is 3.42. The Morgan fingerprint density at radius 2 is 1.88 bits per heavy atom. The predicted octanol–water partition coefficient (Wildman–Crippen LogP) is 3.27. The molecule has 4 heteroatoms. The zero-order valence-corrected chi connectivity index (χ0v) is 11.5. The molecule has 0 heterocycles. The number of nitrogens with two attached hydrogens (primary N) is 1. The molecule has 1 rings (SSSR count). The lowest BCUT2D eigenvalue weighted by Crippen LogP contribution is -2.11. The lowest BCUT2D eigenvalue weighted by molar-refractivity contribution is 0.392. The highest BCUT2D eigenvalue weighted by Crippen LogP contribution is 2.36. The van der Waals surface area contributed by atoms with E-state index in [0.29, 0.717) is 0 Å². The van der Waals surface area contributed by atoms with E-state index in [4.69, 9.17) is 15.2 Å². The maximum absolute atomic E-state index is 6.10. The molecule has 3 nitrogen and oxygen atoms in total. The van der Waals surface area contributed by atoms with Crippen LogP contribution < -0.4 is 15.2 Å². The lowest BCUT2D eigenvalue weighted by Gasteiger charge is -2.17. The van der Waals surface area contributed by atoms with Gasteiger partial charge in [0.2, 0.25) is 0 Å². The third-order valence-corrected chi connectivity index (χ3v) is 3.12. The molecule has 0 amide bonds. The lowest BCUT2D eigenvalue weighted by atomic mass is 10.0. The molecule has 0 saturated carbocycles. The minimum atomic E-state index is -0.0121. The average molecular weight is 288 g/mol. The van der Waals surface area contributed by atoms with Gasteiger partial charge in [-0.1, -0.05) is 13.3 Å². The predicted molar refractivity (Wildman–Crippen MR) is 69.1 cm³/mol. The molecule has 16 heavy (non-hydrogen) atoms. The number of rotatable bonds is 5. The fourth-order valence-electron chi connectivity index (χ4n) is 1.64. The first-order valence-corrected chi connectivity index (χ1v) is 6.10. The Hall–Kier alpha value is -0.740. The number of hydrogen-bond donors (Lipinski definition) is 1. The van der Waals surface area contributed by atoms with E-state index in [2.05, 4.69) is 22.9 Å². The first-order valence-electron chi connectivity index (χ1n) is 5.31. The van der Waals surface area contributed by atoms with Gasteiger partial charge in [-0.2, -0.15) is 0 Å². The van der Waals surface area contributed by atoms with Gasteiger partial charge >= 0.3 is 0 Å². The summed E-state index contributed by atoms with van der Waals surface area (Å²) in [5.74, 6) is 1.58. The maximum atomic E-state index is 6.10. The van der Waals surface area contributed by atoms with Crippen LogP contribution in [0.2, 0.25) is 0 Å². The molecule has 0 bridgehead atoms. The van der Waals surface area contributed by atoms with Gasteiger partial charge in [0.05, 0.1) is 18.7 Å². The molecule has 1 aromatic carbocycles. The largest absolute Gasteiger partial charge is 0.496 e. The van der Waals surface area contributed by atoms with Crippen molar-refractivity contribution < 1.29 is 9.47 Å². The van der Waals surface area contributed by atoms with E-state index < -0.39 is 0 Å². The molecular formula is C12H18BrNO2. The molecule has 1 unspecified atom stereocenters. The number of halogens is 1. The van der Waals surface area contributed by atoms with Gasteiger partial charge in [-0.25, -0.2) is 0 Å². The Morgan fingerprint density at radius 1 is 1.25 bits per heavy atom. The minimum absolute atomic E-state index is 0.0121. The zero-order valence-electron chi connectivity index (χ0n) is 9.92. The third kappa shape index (κ3) is 2.89. The molecule has 1 aromatic rings. The minimum Gasteiger partial charge on any atom is -0.496 e. The van der Waals surface area contributed by atoms with Crippen LogP contribution in [-0.2, 0) is 0 Å². The van der Waals surface area contributed by atoms with Gasteiger partial charge in [-0.15, -0.1) is 0 Å². The van der Waals surface area contributed by atoms with E-state index >= 15 is 0 Å².